The van der Waals surface area contributed by atoms with Crippen LogP contribution in [0.4, 0.5) is 5.69 Å². The quantitative estimate of drug-likeness (QED) is 0.451. The Hall–Kier alpha value is -1.79. The van der Waals surface area contributed by atoms with Crippen molar-refractivity contribution in [3.8, 4) is 0 Å². The molecule has 0 bridgehead atoms. The van der Waals surface area contributed by atoms with Crippen LogP contribution in [0.25, 0.3) is 0 Å². The third-order valence-electron chi connectivity index (χ3n) is 3.59. The average molecular weight is 326 g/mol. The highest BCUT2D eigenvalue weighted by Crippen LogP contribution is 2.33. The van der Waals surface area contributed by atoms with Gasteiger partial charge >= 0.3 is 0 Å². The first kappa shape index (κ1) is 16.6. The van der Waals surface area contributed by atoms with E-state index in [0.717, 1.165) is 30.1 Å². The van der Waals surface area contributed by atoms with Crippen molar-refractivity contribution < 1.29 is 9.92 Å². The Morgan fingerprint density at radius 3 is 3.00 bits per heavy atom. The molecule has 1 unspecified atom stereocenters. The predicted octanol–water partition coefficient (Wildman–Crippen LogP) is 3.31. The van der Waals surface area contributed by atoms with E-state index in [4.69, 9.17) is 11.6 Å². The second-order valence-corrected chi connectivity index (χ2v) is 5.64. The Balaban J connectivity index is 1.77. The summed E-state index contributed by atoms with van der Waals surface area (Å²) in [7, 11) is 2.00. The molecule has 0 aliphatic carbocycles. The molecule has 1 aliphatic heterocycles. The summed E-state index contributed by atoms with van der Waals surface area (Å²) in [5.41, 5.74) is 2.30. The lowest BCUT2D eigenvalue weighted by Gasteiger charge is -2.28. The van der Waals surface area contributed by atoms with E-state index in [2.05, 4.69) is 16.2 Å². The maximum absolute atomic E-state index is 10.0. The Morgan fingerprint density at radius 2 is 2.23 bits per heavy atom. The van der Waals surface area contributed by atoms with E-state index in [-0.39, 0.29) is 12.6 Å². The van der Waals surface area contributed by atoms with Crippen LogP contribution in [0.2, 0.25) is 5.02 Å². The molecule has 1 aromatic rings. The number of nitrogens with one attached hydrogen (secondary N) is 1. The minimum absolute atomic E-state index is 0.165. The van der Waals surface area contributed by atoms with Crippen molar-refractivity contribution in [1.82, 2.24) is 5.32 Å². The van der Waals surface area contributed by atoms with Crippen LogP contribution in [0, 0.1) is 10.1 Å². The Labute approximate surface area is 134 Å². The van der Waals surface area contributed by atoms with Gasteiger partial charge in [0.25, 0.3) is 5.09 Å². The Kier molecular flexibility index (Phi) is 6.03. The SMILES string of the molecule is CN1C=CC(NCCCCCO[N+](=O)[O-])c2ccc(Cl)cc21. The molecule has 22 heavy (non-hydrogen) atoms. The van der Waals surface area contributed by atoms with E-state index in [0.29, 0.717) is 6.42 Å². The second-order valence-electron chi connectivity index (χ2n) is 5.20. The number of hydrogen-bond acceptors (Lipinski definition) is 5. The van der Waals surface area contributed by atoms with Crippen molar-refractivity contribution >= 4 is 17.3 Å². The van der Waals surface area contributed by atoms with Crippen LogP contribution in [0.3, 0.4) is 0 Å². The molecule has 120 valence electrons. The van der Waals surface area contributed by atoms with Gasteiger partial charge in [0.05, 0.1) is 12.6 Å². The molecule has 0 aromatic heterocycles. The molecule has 2 rings (SSSR count). The maximum Gasteiger partial charge on any atom is 0.294 e. The number of nitrogens with zero attached hydrogens (tertiary/aromatic N) is 2. The normalized spacial score (nSPS) is 16.5. The van der Waals surface area contributed by atoms with Gasteiger partial charge in [0.2, 0.25) is 0 Å². The first-order chi connectivity index (χ1) is 10.6. The highest BCUT2D eigenvalue weighted by atomic mass is 35.5. The Morgan fingerprint density at radius 1 is 1.41 bits per heavy atom. The lowest BCUT2D eigenvalue weighted by atomic mass is 10.0. The van der Waals surface area contributed by atoms with Gasteiger partial charge in [0, 0.05) is 24.0 Å². The van der Waals surface area contributed by atoms with E-state index in [1.165, 1.54) is 5.56 Å². The van der Waals surface area contributed by atoms with Crippen molar-refractivity contribution in [2.75, 3.05) is 25.1 Å². The third kappa shape index (κ3) is 4.61. The fourth-order valence-corrected chi connectivity index (χ4v) is 2.63. The van der Waals surface area contributed by atoms with Gasteiger partial charge in [0.1, 0.15) is 0 Å². The van der Waals surface area contributed by atoms with Crippen LogP contribution < -0.4 is 10.2 Å². The summed E-state index contributed by atoms with van der Waals surface area (Å²) >= 11 is 6.06. The largest absolute Gasteiger partial charge is 0.351 e. The topological polar surface area (TPSA) is 67.6 Å². The zero-order chi connectivity index (χ0) is 15.9. The standard InChI is InChI=1S/C15H20ClN3O3/c1-18-9-7-14(13-6-5-12(16)11-15(13)18)17-8-3-2-4-10-22-19(20)21/h5-7,9,11,14,17H,2-4,8,10H2,1H3. The Bertz CT molecular complexity index is 551. The molecule has 1 atom stereocenters. The lowest BCUT2D eigenvalue weighted by molar-refractivity contribution is -0.757. The molecule has 0 spiro atoms. The van der Waals surface area contributed by atoms with Gasteiger partial charge in [-0.15, -0.1) is 10.1 Å². The number of rotatable bonds is 8. The predicted molar refractivity (Wildman–Crippen MR) is 86.5 cm³/mol. The molecule has 0 fully saturated rings. The molecule has 1 heterocycles. The third-order valence-corrected chi connectivity index (χ3v) is 3.83. The van der Waals surface area contributed by atoms with E-state index in [1.807, 2.05) is 36.3 Å². The molecule has 0 radical (unpaired) electrons. The molecular formula is C15H20ClN3O3. The monoisotopic (exact) mass is 325 g/mol. The number of fused-ring (bicyclic) bond motifs is 1. The van der Waals surface area contributed by atoms with E-state index < -0.39 is 5.09 Å². The summed E-state index contributed by atoms with van der Waals surface area (Å²) in [4.78, 5) is 16.3. The molecule has 1 aromatic carbocycles. The average Bonchev–Trinajstić information content (AvgIpc) is 2.48. The summed E-state index contributed by atoms with van der Waals surface area (Å²) in [6.07, 6.45) is 6.68. The molecule has 6 nitrogen and oxygen atoms in total. The summed E-state index contributed by atoms with van der Waals surface area (Å²) in [5.74, 6) is 0. The summed E-state index contributed by atoms with van der Waals surface area (Å²) in [6.45, 7) is 1.02. The summed E-state index contributed by atoms with van der Waals surface area (Å²) in [5, 5.41) is 13.5. The molecular weight excluding hydrogens is 306 g/mol. The second kappa shape index (κ2) is 8.00. The van der Waals surface area contributed by atoms with E-state index in [9.17, 15) is 10.1 Å². The minimum atomic E-state index is -0.746. The fourth-order valence-electron chi connectivity index (χ4n) is 2.46. The molecule has 7 heteroatoms. The van der Waals surface area contributed by atoms with Crippen molar-refractivity contribution in [3.63, 3.8) is 0 Å². The smallest absolute Gasteiger partial charge is 0.294 e. The van der Waals surface area contributed by atoms with Crippen LogP contribution in [0.15, 0.2) is 30.5 Å². The van der Waals surface area contributed by atoms with Crippen LogP contribution >= 0.6 is 11.6 Å². The van der Waals surface area contributed by atoms with Crippen molar-refractivity contribution in [2.24, 2.45) is 0 Å². The molecule has 1 N–H and O–H groups in total. The number of benzene rings is 1. The van der Waals surface area contributed by atoms with Crippen LogP contribution in [-0.4, -0.2) is 25.3 Å². The molecule has 1 aliphatic rings. The van der Waals surface area contributed by atoms with Crippen LogP contribution in [0.5, 0.6) is 0 Å². The van der Waals surface area contributed by atoms with Gasteiger partial charge in [-0.2, -0.15) is 0 Å². The fraction of sp³-hybridized carbons (Fsp3) is 0.467. The maximum atomic E-state index is 10.0. The van der Waals surface area contributed by atoms with E-state index in [1.54, 1.807) is 0 Å². The summed E-state index contributed by atoms with van der Waals surface area (Å²) < 4.78 is 0. The first-order valence-electron chi connectivity index (χ1n) is 7.29. The zero-order valence-corrected chi connectivity index (χ0v) is 13.3. The zero-order valence-electron chi connectivity index (χ0n) is 12.5. The molecule has 0 saturated carbocycles. The van der Waals surface area contributed by atoms with Gasteiger partial charge < -0.3 is 15.1 Å². The number of halogens is 1. The van der Waals surface area contributed by atoms with Gasteiger partial charge in [-0.05, 0) is 43.2 Å². The first-order valence-corrected chi connectivity index (χ1v) is 7.67. The van der Waals surface area contributed by atoms with Gasteiger partial charge in [0.15, 0.2) is 0 Å². The highest BCUT2D eigenvalue weighted by molar-refractivity contribution is 6.30. The van der Waals surface area contributed by atoms with Crippen molar-refractivity contribution in [2.45, 2.75) is 25.3 Å². The molecule has 0 amide bonds. The lowest BCUT2D eigenvalue weighted by Crippen LogP contribution is -2.26. The van der Waals surface area contributed by atoms with Gasteiger partial charge in [-0.3, -0.25) is 0 Å². The van der Waals surface area contributed by atoms with Gasteiger partial charge in [-0.1, -0.05) is 24.1 Å². The van der Waals surface area contributed by atoms with Crippen LogP contribution in [0.1, 0.15) is 30.9 Å². The van der Waals surface area contributed by atoms with Crippen molar-refractivity contribution in [1.29, 1.82) is 0 Å². The minimum Gasteiger partial charge on any atom is -0.351 e. The van der Waals surface area contributed by atoms with E-state index >= 15 is 0 Å². The number of anilines is 1. The summed E-state index contributed by atoms with van der Waals surface area (Å²) in [6, 6.07) is 6.07. The number of hydrogen-bond donors (Lipinski definition) is 1. The van der Waals surface area contributed by atoms with Crippen molar-refractivity contribution in [3.05, 3.63) is 51.2 Å². The van der Waals surface area contributed by atoms with Crippen LogP contribution in [-0.2, 0) is 4.84 Å². The highest BCUT2D eigenvalue weighted by Gasteiger charge is 2.18. The van der Waals surface area contributed by atoms with Gasteiger partial charge in [-0.25, -0.2) is 0 Å². The number of unbranched alkanes of at least 4 members (excludes halogenated alkanes) is 2. The molecule has 0 saturated heterocycles.